The van der Waals surface area contributed by atoms with Crippen LogP contribution in [0.15, 0.2) is 0 Å². The summed E-state index contributed by atoms with van der Waals surface area (Å²) in [4.78, 5) is 27.7. The summed E-state index contributed by atoms with van der Waals surface area (Å²) in [6.45, 7) is 7.40. The standard InChI is InChI=1S/C15H28N4O3/c1-11-8-19(9-12(2)22-11)15(21)17-13-4-6-18(7-5-13)10-14(20)16-3/h11-13H,4-10H2,1-3H3,(H,16,20)(H,17,21)/t11-,12-/m0/s1. The molecule has 126 valence electrons. The number of rotatable bonds is 3. The second-order valence-electron chi connectivity index (χ2n) is 6.34. The van der Waals surface area contributed by atoms with Gasteiger partial charge in [-0.2, -0.15) is 0 Å². The van der Waals surface area contributed by atoms with Gasteiger partial charge in [-0.15, -0.1) is 0 Å². The van der Waals surface area contributed by atoms with E-state index < -0.39 is 0 Å². The Balaban J connectivity index is 1.73. The molecule has 0 radical (unpaired) electrons. The van der Waals surface area contributed by atoms with E-state index in [-0.39, 0.29) is 30.2 Å². The van der Waals surface area contributed by atoms with Gasteiger partial charge in [0.15, 0.2) is 0 Å². The Morgan fingerprint density at radius 1 is 1.14 bits per heavy atom. The van der Waals surface area contributed by atoms with E-state index in [1.165, 1.54) is 0 Å². The first-order valence-electron chi connectivity index (χ1n) is 8.11. The predicted octanol–water partition coefficient (Wildman–Crippen LogP) is 0.0156. The Morgan fingerprint density at radius 2 is 1.73 bits per heavy atom. The Hall–Kier alpha value is -1.34. The van der Waals surface area contributed by atoms with E-state index in [4.69, 9.17) is 4.74 Å². The Kier molecular flexibility index (Phi) is 6.02. The Morgan fingerprint density at radius 3 is 2.27 bits per heavy atom. The van der Waals surface area contributed by atoms with E-state index in [9.17, 15) is 9.59 Å². The van der Waals surface area contributed by atoms with Crippen molar-refractivity contribution in [1.82, 2.24) is 20.4 Å². The van der Waals surface area contributed by atoms with Crippen LogP contribution in [0.3, 0.4) is 0 Å². The largest absolute Gasteiger partial charge is 0.372 e. The molecule has 2 N–H and O–H groups in total. The van der Waals surface area contributed by atoms with E-state index in [0.717, 1.165) is 25.9 Å². The number of likely N-dealkylation sites (N-methyl/N-ethyl adjacent to an activating group) is 1. The van der Waals surface area contributed by atoms with Crippen LogP contribution in [-0.2, 0) is 9.53 Å². The quantitative estimate of drug-likeness (QED) is 0.770. The van der Waals surface area contributed by atoms with E-state index >= 15 is 0 Å². The molecule has 2 atom stereocenters. The van der Waals surface area contributed by atoms with Crippen molar-refractivity contribution in [3.63, 3.8) is 0 Å². The topological polar surface area (TPSA) is 73.9 Å². The summed E-state index contributed by atoms with van der Waals surface area (Å²) >= 11 is 0. The Bertz CT molecular complexity index is 386. The van der Waals surface area contributed by atoms with Crippen molar-refractivity contribution in [2.75, 3.05) is 39.8 Å². The lowest BCUT2D eigenvalue weighted by atomic mass is 10.1. The van der Waals surface area contributed by atoms with Gasteiger partial charge in [0.2, 0.25) is 5.91 Å². The minimum atomic E-state index is 0.00625. The van der Waals surface area contributed by atoms with Gasteiger partial charge < -0.3 is 20.3 Å². The van der Waals surface area contributed by atoms with Gasteiger partial charge in [-0.1, -0.05) is 0 Å². The number of ether oxygens (including phenoxy) is 1. The van der Waals surface area contributed by atoms with Gasteiger partial charge in [0.1, 0.15) is 0 Å². The minimum absolute atomic E-state index is 0.00625. The number of carbonyl (C=O) groups is 2. The third-order valence-electron chi connectivity index (χ3n) is 4.27. The molecule has 0 aromatic heterocycles. The summed E-state index contributed by atoms with van der Waals surface area (Å²) in [5, 5.41) is 5.76. The second kappa shape index (κ2) is 7.78. The van der Waals surface area contributed by atoms with E-state index in [0.29, 0.717) is 19.6 Å². The van der Waals surface area contributed by atoms with Crippen LogP contribution in [0, 0.1) is 0 Å². The summed E-state index contributed by atoms with van der Waals surface area (Å²) in [7, 11) is 1.65. The highest BCUT2D eigenvalue weighted by Gasteiger charge is 2.28. The molecule has 0 unspecified atom stereocenters. The smallest absolute Gasteiger partial charge is 0.317 e. The molecular weight excluding hydrogens is 284 g/mol. The van der Waals surface area contributed by atoms with E-state index in [1.54, 1.807) is 7.05 Å². The monoisotopic (exact) mass is 312 g/mol. The van der Waals surface area contributed by atoms with Crippen molar-refractivity contribution in [1.29, 1.82) is 0 Å². The van der Waals surface area contributed by atoms with Crippen LogP contribution >= 0.6 is 0 Å². The molecule has 0 aromatic rings. The highest BCUT2D eigenvalue weighted by Crippen LogP contribution is 2.13. The molecule has 0 spiro atoms. The number of hydrogen-bond donors (Lipinski definition) is 2. The molecule has 2 aliphatic heterocycles. The van der Waals surface area contributed by atoms with Gasteiger partial charge in [0.05, 0.1) is 18.8 Å². The molecule has 0 bridgehead atoms. The average Bonchev–Trinajstić information content (AvgIpc) is 2.48. The molecule has 2 saturated heterocycles. The first kappa shape index (κ1) is 17.0. The van der Waals surface area contributed by atoms with Gasteiger partial charge >= 0.3 is 6.03 Å². The summed E-state index contributed by atoms with van der Waals surface area (Å²) in [6, 6.07) is 0.202. The average molecular weight is 312 g/mol. The van der Waals surface area contributed by atoms with Crippen molar-refractivity contribution in [2.24, 2.45) is 0 Å². The van der Waals surface area contributed by atoms with Crippen molar-refractivity contribution in [2.45, 2.75) is 44.9 Å². The first-order valence-corrected chi connectivity index (χ1v) is 8.11. The molecule has 0 saturated carbocycles. The number of nitrogens with zero attached hydrogens (tertiary/aromatic N) is 2. The number of piperidine rings is 1. The van der Waals surface area contributed by atoms with Crippen LogP contribution in [0.1, 0.15) is 26.7 Å². The van der Waals surface area contributed by atoms with Gasteiger partial charge in [-0.05, 0) is 26.7 Å². The number of nitrogens with one attached hydrogen (secondary N) is 2. The Labute approximate surface area is 132 Å². The van der Waals surface area contributed by atoms with Crippen molar-refractivity contribution < 1.29 is 14.3 Å². The normalized spacial score (nSPS) is 27.5. The number of urea groups is 1. The predicted molar refractivity (Wildman–Crippen MR) is 83.6 cm³/mol. The molecule has 3 amide bonds. The molecule has 0 aliphatic carbocycles. The molecule has 2 aliphatic rings. The van der Waals surface area contributed by atoms with Crippen LogP contribution < -0.4 is 10.6 Å². The van der Waals surface area contributed by atoms with Crippen molar-refractivity contribution in [3.05, 3.63) is 0 Å². The second-order valence-corrected chi connectivity index (χ2v) is 6.34. The molecule has 7 nitrogen and oxygen atoms in total. The molecule has 22 heavy (non-hydrogen) atoms. The fourth-order valence-corrected chi connectivity index (χ4v) is 3.13. The highest BCUT2D eigenvalue weighted by molar-refractivity contribution is 5.77. The third kappa shape index (κ3) is 4.84. The zero-order valence-corrected chi connectivity index (χ0v) is 13.8. The van der Waals surface area contributed by atoms with Crippen LogP contribution in [0.5, 0.6) is 0 Å². The zero-order valence-electron chi connectivity index (χ0n) is 13.8. The molecular formula is C15H28N4O3. The van der Waals surface area contributed by atoms with Crippen LogP contribution in [-0.4, -0.2) is 79.8 Å². The van der Waals surface area contributed by atoms with Crippen LogP contribution in [0.4, 0.5) is 4.79 Å². The zero-order chi connectivity index (χ0) is 16.1. The van der Waals surface area contributed by atoms with Crippen LogP contribution in [0.25, 0.3) is 0 Å². The van der Waals surface area contributed by atoms with Crippen molar-refractivity contribution in [3.8, 4) is 0 Å². The molecule has 2 fully saturated rings. The third-order valence-corrected chi connectivity index (χ3v) is 4.27. The number of amides is 3. The fourth-order valence-electron chi connectivity index (χ4n) is 3.13. The minimum Gasteiger partial charge on any atom is -0.372 e. The summed E-state index contributed by atoms with van der Waals surface area (Å²) in [5.74, 6) is 0.0405. The summed E-state index contributed by atoms with van der Waals surface area (Å²) in [5.41, 5.74) is 0. The van der Waals surface area contributed by atoms with E-state index in [1.807, 2.05) is 18.7 Å². The van der Waals surface area contributed by atoms with Gasteiger partial charge in [0.25, 0.3) is 0 Å². The van der Waals surface area contributed by atoms with Gasteiger partial charge in [-0.3, -0.25) is 9.69 Å². The maximum absolute atomic E-state index is 12.3. The molecule has 2 heterocycles. The van der Waals surface area contributed by atoms with Gasteiger partial charge in [0, 0.05) is 39.3 Å². The van der Waals surface area contributed by atoms with Gasteiger partial charge in [-0.25, -0.2) is 4.79 Å². The molecule has 2 rings (SSSR count). The lowest BCUT2D eigenvalue weighted by Gasteiger charge is -2.37. The number of morpholine rings is 1. The maximum atomic E-state index is 12.3. The number of hydrogen-bond acceptors (Lipinski definition) is 4. The lowest BCUT2D eigenvalue weighted by Crippen LogP contribution is -2.55. The van der Waals surface area contributed by atoms with Crippen LogP contribution in [0.2, 0.25) is 0 Å². The highest BCUT2D eigenvalue weighted by atomic mass is 16.5. The SMILES string of the molecule is CNC(=O)CN1CCC(NC(=O)N2C[C@H](C)O[C@@H](C)C2)CC1. The van der Waals surface area contributed by atoms with Crippen molar-refractivity contribution >= 4 is 11.9 Å². The lowest BCUT2D eigenvalue weighted by molar-refractivity contribution is -0.122. The number of carbonyl (C=O) groups excluding carboxylic acids is 2. The molecule has 0 aromatic carbocycles. The summed E-state index contributed by atoms with van der Waals surface area (Å²) < 4.78 is 5.65. The fraction of sp³-hybridized carbons (Fsp3) is 0.867. The maximum Gasteiger partial charge on any atom is 0.317 e. The van der Waals surface area contributed by atoms with E-state index in [2.05, 4.69) is 15.5 Å². The molecule has 7 heteroatoms. The summed E-state index contributed by atoms with van der Waals surface area (Å²) in [6.07, 6.45) is 1.95. The first-order chi connectivity index (χ1) is 10.5. The number of likely N-dealkylation sites (tertiary alicyclic amines) is 1.